The van der Waals surface area contributed by atoms with Crippen molar-refractivity contribution in [3.8, 4) is 0 Å². The summed E-state index contributed by atoms with van der Waals surface area (Å²) in [6.07, 6.45) is 5.73. The molecule has 1 aromatic heterocycles. The lowest BCUT2D eigenvalue weighted by Crippen LogP contribution is -2.19. The Morgan fingerprint density at radius 1 is 1.42 bits per heavy atom. The van der Waals surface area contributed by atoms with Crippen LogP contribution in [0.2, 0.25) is 0 Å². The highest BCUT2D eigenvalue weighted by Gasteiger charge is 2.36. The molecule has 1 unspecified atom stereocenters. The number of hydrogen-bond donors (Lipinski definition) is 1. The zero-order valence-corrected chi connectivity index (χ0v) is 6.68. The predicted octanol–water partition coefficient (Wildman–Crippen LogP) is 1.52. The lowest BCUT2D eigenvalue weighted by molar-refractivity contribution is -0.141. The van der Waals surface area contributed by atoms with E-state index in [1.165, 1.54) is 0 Å². The van der Waals surface area contributed by atoms with Gasteiger partial charge < -0.3 is 9.67 Å². The maximum Gasteiger partial charge on any atom is 0.326 e. The molecule has 1 aliphatic carbocycles. The molecule has 0 saturated heterocycles. The Hall–Kier alpha value is -1.25. The summed E-state index contributed by atoms with van der Waals surface area (Å²) in [5.74, 6) is -0.358. The standard InChI is InChI=1S/C9H11NO2/c11-9(12)8(7-3-4-7)10-5-1-2-6-10/h1-2,5-8H,3-4H2,(H,11,12). The van der Waals surface area contributed by atoms with Crippen molar-refractivity contribution in [2.45, 2.75) is 18.9 Å². The third kappa shape index (κ3) is 1.22. The number of carbonyl (C=O) groups is 1. The average molecular weight is 165 g/mol. The van der Waals surface area contributed by atoms with Crippen LogP contribution in [0.3, 0.4) is 0 Å². The monoisotopic (exact) mass is 165 g/mol. The summed E-state index contributed by atoms with van der Waals surface area (Å²) in [4.78, 5) is 10.9. The highest BCUT2D eigenvalue weighted by molar-refractivity contribution is 5.72. The van der Waals surface area contributed by atoms with Crippen molar-refractivity contribution >= 4 is 5.97 Å². The first kappa shape index (κ1) is 7.40. The molecule has 1 aliphatic rings. The fourth-order valence-electron chi connectivity index (χ4n) is 1.52. The first-order chi connectivity index (χ1) is 5.79. The van der Waals surface area contributed by atoms with Crippen LogP contribution in [-0.2, 0) is 4.79 Å². The van der Waals surface area contributed by atoms with Crippen molar-refractivity contribution in [3.63, 3.8) is 0 Å². The van der Waals surface area contributed by atoms with Crippen LogP contribution in [0.15, 0.2) is 24.5 Å². The molecule has 64 valence electrons. The molecule has 1 N–H and O–H groups in total. The fraction of sp³-hybridized carbons (Fsp3) is 0.444. The van der Waals surface area contributed by atoms with Crippen LogP contribution in [0.4, 0.5) is 0 Å². The van der Waals surface area contributed by atoms with Crippen molar-refractivity contribution in [1.29, 1.82) is 0 Å². The van der Waals surface area contributed by atoms with E-state index in [2.05, 4.69) is 0 Å². The van der Waals surface area contributed by atoms with Gasteiger partial charge in [0.1, 0.15) is 6.04 Å². The molecule has 1 heterocycles. The predicted molar refractivity (Wildman–Crippen MR) is 43.8 cm³/mol. The second-order valence-electron chi connectivity index (χ2n) is 3.25. The van der Waals surface area contributed by atoms with Gasteiger partial charge in [-0.3, -0.25) is 0 Å². The SMILES string of the molecule is O=C(O)C(C1CC1)n1cccc1. The van der Waals surface area contributed by atoms with Crippen LogP contribution in [0, 0.1) is 5.92 Å². The van der Waals surface area contributed by atoms with E-state index in [0.717, 1.165) is 12.8 Å². The van der Waals surface area contributed by atoms with Gasteiger partial charge in [-0.15, -0.1) is 0 Å². The minimum atomic E-state index is -0.714. The Bertz CT molecular complexity index is 275. The number of carboxylic acids is 1. The number of aromatic nitrogens is 1. The molecule has 3 nitrogen and oxygen atoms in total. The second-order valence-corrected chi connectivity index (χ2v) is 3.25. The van der Waals surface area contributed by atoms with Gasteiger partial charge in [0.25, 0.3) is 0 Å². The van der Waals surface area contributed by atoms with Crippen LogP contribution in [-0.4, -0.2) is 15.6 Å². The molecule has 0 spiro atoms. The zero-order valence-electron chi connectivity index (χ0n) is 6.68. The molecule has 3 heteroatoms. The van der Waals surface area contributed by atoms with Gasteiger partial charge >= 0.3 is 5.97 Å². The summed E-state index contributed by atoms with van der Waals surface area (Å²) < 4.78 is 1.78. The Morgan fingerprint density at radius 2 is 2.00 bits per heavy atom. The summed E-state index contributed by atoms with van der Waals surface area (Å²) in [5, 5.41) is 8.93. The van der Waals surface area contributed by atoms with Crippen LogP contribution in [0.25, 0.3) is 0 Å². The van der Waals surface area contributed by atoms with E-state index >= 15 is 0 Å². The van der Waals surface area contributed by atoms with Gasteiger partial charge in [-0.25, -0.2) is 4.79 Å². The smallest absolute Gasteiger partial charge is 0.326 e. The van der Waals surface area contributed by atoms with E-state index in [0.29, 0.717) is 5.92 Å². The van der Waals surface area contributed by atoms with E-state index < -0.39 is 5.97 Å². The molecular formula is C9H11NO2. The summed E-state index contributed by atoms with van der Waals surface area (Å²) in [6, 6.07) is 3.39. The largest absolute Gasteiger partial charge is 0.480 e. The Balaban J connectivity index is 2.21. The first-order valence-electron chi connectivity index (χ1n) is 4.14. The van der Waals surface area contributed by atoms with Gasteiger partial charge in [0, 0.05) is 12.4 Å². The van der Waals surface area contributed by atoms with Crippen molar-refractivity contribution < 1.29 is 9.90 Å². The molecule has 12 heavy (non-hydrogen) atoms. The quantitative estimate of drug-likeness (QED) is 0.737. The summed E-state index contributed by atoms with van der Waals surface area (Å²) in [6.45, 7) is 0. The maximum absolute atomic E-state index is 10.9. The fourth-order valence-corrected chi connectivity index (χ4v) is 1.52. The van der Waals surface area contributed by atoms with E-state index in [-0.39, 0.29) is 6.04 Å². The van der Waals surface area contributed by atoms with Gasteiger partial charge in [0.05, 0.1) is 0 Å². The summed E-state index contributed by atoms with van der Waals surface area (Å²) in [5.41, 5.74) is 0. The Kier molecular flexibility index (Phi) is 1.64. The van der Waals surface area contributed by atoms with Gasteiger partial charge in [-0.05, 0) is 30.9 Å². The van der Waals surface area contributed by atoms with E-state index in [1.807, 2.05) is 24.5 Å². The van der Waals surface area contributed by atoms with Gasteiger partial charge in [0.15, 0.2) is 0 Å². The molecule has 0 aromatic carbocycles. The average Bonchev–Trinajstić information content (AvgIpc) is 2.65. The summed E-state index contributed by atoms with van der Waals surface area (Å²) in [7, 11) is 0. The third-order valence-electron chi connectivity index (χ3n) is 2.27. The number of rotatable bonds is 3. The lowest BCUT2D eigenvalue weighted by atomic mass is 10.2. The molecule has 0 amide bonds. The number of hydrogen-bond acceptors (Lipinski definition) is 1. The highest BCUT2D eigenvalue weighted by Crippen LogP contribution is 2.39. The molecule has 1 saturated carbocycles. The number of carboxylic acid groups (broad SMARTS) is 1. The van der Waals surface area contributed by atoms with Gasteiger partial charge in [-0.2, -0.15) is 0 Å². The Labute approximate surface area is 70.6 Å². The first-order valence-corrected chi connectivity index (χ1v) is 4.14. The molecule has 1 atom stereocenters. The van der Waals surface area contributed by atoms with Gasteiger partial charge in [-0.1, -0.05) is 0 Å². The zero-order chi connectivity index (χ0) is 8.55. The van der Waals surface area contributed by atoms with Crippen molar-refractivity contribution in [1.82, 2.24) is 4.57 Å². The van der Waals surface area contributed by atoms with Crippen LogP contribution in [0.1, 0.15) is 18.9 Å². The molecule has 1 fully saturated rings. The molecule has 0 bridgehead atoms. The number of nitrogens with zero attached hydrogens (tertiary/aromatic N) is 1. The second kappa shape index (κ2) is 2.66. The molecule has 1 aromatic rings. The van der Waals surface area contributed by atoms with E-state index in [9.17, 15) is 4.79 Å². The highest BCUT2D eigenvalue weighted by atomic mass is 16.4. The molecular weight excluding hydrogens is 154 g/mol. The van der Waals surface area contributed by atoms with Crippen LogP contribution < -0.4 is 0 Å². The number of aliphatic carboxylic acids is 1. The normalized spacial score (nSPS) is 19.0. The third-order valence-corrected chi connectivity index (χ3v) is 2.27. The Morgan fingerprint density at radius 3 is 2.42 bits per heavy atom. The molecule has 2 rings (SSSR count). The van der Waals surface area contributed by atoms with Crippen molar-refractivity contribution in [3.05, 3.63) is 24.5 Å². The topological polar surface area (TPSA) is 42.2 Å². The van der Waals surface area contributed by atoms with Crippen LogP contribution >= 0.6 is 0 Å². The van der Waals surface area contributed by atoms with Crippen molar-refractivity contribution in [2.75, 3.05) is 0 Å². The van der Waals surface area contributed by atoms with E-state index in [4.69, 9.17) is 5.11 Å². The molecule has 0 aliphatic heterocycles. The minimum absolute atomic E-state index is 0.333. The molecule has 0 radical (unpaired) electrons. The van der Waals surface area contributed by atoms with E-state index in [1.54, 1.807) is 4.57 Å². The minimum Gasteiger partial charge on any atom is -0.480 e. The van der Waals surface area contributed by atoms with Crippen LogP contribution in [0.5, 0.6) is 0 Å². The lowest BCUT2D eigenvalue weighted by Gasteiger charge is -2.12. The maximum atomic E-state index is 10.9. The summed E-state index contributed by atoms with van der Waals surface area (Å²) >= 11 is 0. The van der Waals surface area contributed by atoms with Gasteiger partial charge in [0.2, 0.25) is 0 Å². The van der Waals surface area contributed by atoms with Crippen molar-refractivity contribution in [2.24, 2.45) is 5.92 Å².